The largest absolute Gasteiger partial charge is 0.357 e. The van der Waals surface area contributed by atoms with Gasteiger partial charge in [-0.15, -0.1) is 0 Å². The Kier molecular flexibility index (Phi) is 6.21. The summed E-state index contributed by atoms with van der Waals surface area (Å²) in [5, 5.41) is 12.1. The van der Waals surface area contributed by atoms with Crippen LogP contribution in [0.25, 0.3) is 0 Å². The second-order valence-corrected chi connectivity index (χ2v) is 7.26. The molecule has 0 radical (unpaired) electrons. The Bertz CT molecular complexity index is 814. The number of hydrogen-bond acceptors (Lipinski definition) is 4. The third-order valence-electron chi connectivity index (χ3n) is 4.97. The van der Waals surface area contributed by atoms with Crippen molar-refractivity contribution >= 4 is 23.4 Å². The molecule has 0 amide bonds. The molecule has 0 saturated carbocycles. The number of aryl methyl sites for hydroxylation is 2. The van der Waals surface area contributed by atoms with Crippen molar-refractivity contribution in [2.45, 2.75) is 39.8 Å². The number of nitrogens with one attached hydrogen (secondary N) is 2. The molecule has 1 atom stereocenters. The van der Waals surface area contributed by atoms with Crippen LogP contribution in [-0.2, 0) is 13.6 Å². The van der Waals surface area contributed by atoms with E-state index in [4.69, 9.17) is 16.6 Å². The van der Waals surface area contributed by atoms with Gasteiger partial charge in [-0.25, -0.2) is 9.98 Å². The molecule has 2 aromatic heterocycles. The molecule has 1 saturated heterocycles. The molecule has 8 heteroatoms. The summed E-state index contributed by atoms with van der Waals surface area (Å²) < 4.78 is 1.91. The molecule has 3 heterocycles. The van der Waals surface area contributed by atoms with Gasteiger partial charge in [-0.1, -0.05) is 11.6 Å². The van der Waals surface area contributed by atoms with Crippen LogP contribution in [0.1, 0.15) is 30.3 Å². The number of pyridine rings is 1. The Morgan fingerprint density at radius 2 is 2.22 bits per heavy atom. The minimum Gasteiger partial charge on any atom is -0.357 e. The molecule has 2 aromatic rings. The first-order valence-electron chi connectivity index (χ1n) is 9.39. The van der Waals surface area contributed by atoms with E-state index in [2.05, 4.69) is 39.5 Å². The van der Waals surface area contributed by atoms with Gasteiger partial charge in [0.15, 0.2) is 5.96 Å². The van der Waals surface area contributed by atoms with Crippen molar-refractivity contribution in [2.75, 3.05) is 24.5 Å². The first-order chi connectivity index (χ1) is 13.0. The summed E-state index contributed by atoms with van der Waals surface area (Å²) in [4.78, 5) is 11.4. The molecule has 1 aliphatic heterocycles. The fourth-order valence-electron chi connectivity index (χ4n) is 3.40. The maximum Gasteiger partial charge on any atom is 0.191 e. The van der Waals surface area contributed by atoms with Crippen LogP contribution in [0.3, 0.4) is 0 Å². The van der Waals surface area contributed by atoms with E-state index in [0.717, 1.165) is 49.2 Å². The highest BCUT2D eigenvalue weighted by Crippen LogP contribution is 2.25. The quantitative estimate of drug-likeness (QED) is 0.607. The van der Waals surface area contributed by atoms with Crippen molar-refractivity contribution in [3.8, 4) is 0 Å². The molecule has 2 N–H and O–H groups in total. The van der Waals surface area contributed by atoms with Crippen LogP contribution in [0.15, 0.2) is 23.3 Å². The van der Waals surface area contributed by atoms with Gasteiger partial charge in [0.2, 0.25) is 0 Å². The molecule has 0 bridgehead atoms. The van der Waals surface area contributed by atoms with E-state index in [0.29, 0.717) is 17.6 Å². The second kappa shape index (κ2) is 8.61. The standard InChI is InChI=1S/C19H28ClN7/c1-5-21-19(23-11-16-13(2)25-26(4)14(16)3)24-15-8-10-27(12-15)18-17(20)7-6-9-22-18/h6-7,9,15H,5,8,10-12H2,1-4H3,(H2,21,23,24). The molecular formula is C19H28ClN7. The fraction of sp³-hybridized carbons (Fsp3) is 0.526. The van der Waals surface area contributed by atoms with Gasteiger partial charge in [0.05, 0.1) is 17.3 Å². The van der Waals surface area contributed by atoms with E-state index in [1.807, 2.05) is 30.8 Å². The Hall–Kier alpha value is -2.28. The molecule has 1 unspecified atom stereocenters. The Morgan fingerprint density at radius 3 is 2.89 bits per heavy atom. The minimum atomic E-state index is 0.303. The Morgan fingerprint density at radius 1 is 1.41 bits per heavy atom. The zero-order valence-electron chi connectivity index (χ0n) is 16.5. The Labute approximate surface area is 165 Å². The number of rotatable bonds is 5. The number of aromatic nitrogens is 3. The van der Waals surface area contributed by atoms with Crippen LogP contribution in [-0.4, -0.2) is 46.4 Å². The molecule has 146 valence electrons. The van der Waals surface area contributed by atoms with Gasteiger partial charge in [0.25, 0.3) is 0 Å². The molecular weight excluding hydrogens is 362 g/mol. The van der Waals surface area contributed by atoms with Crippen LogP contribution in [0, 0.1) is 13.8 Å². The summed E-state index contributed by atoms with van der Waals surface area (Å²) in [5.74, 6) is 1.69. The number of aliphatic imine (C=N–C) groups is 1. The van der Waals surface area contributed by atoms with E-state index in [1.165, 1.54) is 5.56 Å². The van der Waals surface area contributed by atoms with Gasteiger partial charge in [0.1, 0.15) is 5.82 Å². The number of anilines is 1. The number of guanidine groups is 1. The Balaban J connectivity index is 1.65. The van der Waals surface area contributed by atoms with Crippen LogP contribution >= 0.6 is 11.6 Å². The van der Waals surface area contributed by atoms with E-state index in [-0.39, 0.29) is 0 Å². The van der Waals surface area contributed by atoms with E-state index in [9.17, 15) is 0 Å². The molecule has 0 aromatic carbocycles. The average Bonchev–Trinajstić information content (AvgIpc) is 3.19. The number of hydrogen-bond donors (Lipinski definition) is 2. The lowest BCUT2D eigenvalue weighted by Gasteiger charge is -2.20. The van der Waals surface area contributed by atoms with Gasteiger partial charge >= 0.3 is 0 Å². The lowest BCUT2D eigenvalue weighted by molar-refractivity contribution is 0.648. The van der Waals surface area contributed by atoms with Gasteiger partial charge in [-0.2, -0.15) is 5.10 Å². The third kappa shape index (κ3) is 4.53. The van der Waals surface area contributed by atoms with Crippen molar-refractivity contribution in [3.63, 3.8) is 0 Å². The first-order valence-corrected chi connectivity index (χ1v) is 9.76. The zero-order chi connectivity index (χ0) is 19.4. The van der Waals surface area contributed by atoms with Crippen molar-refractivity contribution in [3.05, 3.63) is 40.3 Å². The molecule has 0 spiro atoms. The molecule has 3 rings (SSSR count). The molecule has 27 heavy (non-hydrogen) atoms. The fourth-order valence-corrected chi connectivity index (χ4v) is 3.64. The SMILES string of the molecule is CCNC(=NCc1c(C)nn(C)c1C)NC1CCN(c2ncccc2Cl)C1. The van der Waals surface area contributed by atoms with Crippen molar-refractivity contribution in [1.29, 1.82) is 0 Å². The van der Waals surface area contributed by atoms with E-state index in [1.54, 1.807) is 6.20 Å². The van der Waals surface area contributed by atoms with Gasteiger partial charge in [-0.05, 0) is 39.3 Å². The van der Waals surface area contributed by atoms with Crippen LogP contribution < -0.4 is 15.5 Å². The van der Waals surface area contributed by atoms with Crippen molar-refractivity contribution < 1.29 is 0 Å². The van der Waals surface area contributed by atoms with Gasteiger partial charge < -0.3 is 15.5 Å². The highest BCUT2D eigenvalue weighted by molar-refractivity contribution is 6.32. The summed E-state index contributed by atoms with van der Waals surface area (Å²) >= 11 is 6.29. The smallest absolute Gasteiger partial charge is 0.191 e. The zero-order valence-corrected chi connectivity index (χ0v) is 17.2. The lowest BCUT2D eigenvalue weighted by Crippen LogP contribution is -2.44. The highest BCUT2D eigenvalue weighted by Gasteiger charge is 2.25. The highest BCUT2D eigenvalue weighted by atomic mass is 35.5. The maximum absolute atomic E-state index is 6.29. The van der Waals surface area contributed by atoms with E-state index < -0.39 is 0 Å². The van der Waals surface area contributed by atoms with E-state index >= 15 is 0 Å². The summed E-state index contributed by atoms with van der Waals surface area (Å²) in [6, 6.07) is 4.04. The van der Waals surface area contributed by atoms with Crippen LogP contribution in [0.5, 0.6) is 0 Å². The lowest BCUT2D eigenvalue weighted by atomic mass is 10.2. The van der Waals surface area contributed by atoms with Crippen LogP contribution in [0.4, 0.5) is 5.82 Å². The topological polar surface area (TPSA) is 70.4 Å². The summed E-state index contributed by atoms with van der Waals surface area (Å²) in [6.07, 6.45) is 2.80. The minimum absolute atomic E-state index is 0.303. The van der Waals surface area contributed by atoms with Gasteiger partial charge in [-0.3, -0.25) is 4.68 Å². The summed E-state index contributed by atoms with van der Waals surface area (Å²) in [6.45, 7) is 9.40. The van der Waals surface area contributed by atoms with Crippen molar-refractivity contribution in [1.82, 2.24) is 25.4 Å². The number of nitrogens with zero attached hydrogens (tertiary/aromatic N) is 5. The summed E-state index contributed by atoms with van der Waals surface area (Å²) in [5.41, 5.74) is 3.37. The molecule has 7 nitrogen and oxygen atoms in total. The molecule has 0 aliphatic carbocycles. The predicted molar refractivity (Wildman–Crippen MR) is 110 cm³/mol. The maximum atomic E-state index is 6.29. The molecule has 1 fully saturated rings. The average molecular weight is 390 g/mol. The number of halogens is 1. The monoisotopic (exact) mass is 389 g/mol. The van der Waals surface area contributed by atoms with Gasteiger partial charge in [0, 0.05) is 50.2 Å². The predicted octanol–water partition coefficient (Wildman–Crippen LogP) is 2.42. The molecule has 1 aliphatic rings. The second-order valence-electron chi connectivity index (χ2n) is 6.85. The normalized spacial score (nSPS) is 17.4. The van der Waals surface area contributed by atoms with Crippen molar-refractivity contribution in [2.24, 2.45) is 12.0 Å². The first kappa shape index (κ1) is 19.5. The third-order valence-corrected chi connectivity index (χ3v) is 5.26. The summed E-state index contributed by atoms with van der Waals surface area (Å²) in [7, 11) is 1.97. The van der Waals surface area contributed by atoms with Crippen LogP contribution in [0.2, 0.25) is 5.02 Å².